The molecule has 0 unspecified atom stereocenters. The van der Waals surface area contributed by atoms with E-state index in [2.05, 4.69) is 10.3 Å². The van der Waals surface area contributed by atoms with Gasteiger partial charge in [0, 0.05) is 18.3 Å². The highest BCUT2D eigenvalue weighted by atomic mass is 16.4. The minimum Gasteiger partial charge on any atom is -0.478 e. The van der Waals surface area contributed by atoms with Crippen LogP contribution in [0.5, 0.6) is 0 Å². The molecule has 0 fully saturated rings. The summed E-state index contributed by atoms with van der Waals surface area (Å²) in [6.45, 7) is 2.40. The van der Waals surface area contributed by atoms with Crippen LogP contribution < -0.4 is 5.32 Å². The highest BCUT2D eigenvalue weighted by molar-refractivity contribution is 5.94. The van der Waals surface area contributed by atoms with Gasteiger partial charge in [0.05, 0.1) is 16.8 Å². The van der Waals surface area contributed by atoms with Gasteiger partial charge in [0.1, 0.15) is 0 Å². The molecule has 2 aromatic rings. The maximum absolute atomic E-state index is 11.6. The summed E-state index contributed by atoms with van der Waals surface area (Å²) in [5.41, 5.74) is 2.01. The lowest BCUT2D eigenvalue weighted by Gasteiger charge is -2.05. The zero-order valence-electron chi connectivity index (χ0n) is 11.0. The van der Waals surface area contributed by atoms with E-state index in [1.807, 2.05) is 6.92 Å². The Hall–Kier alpha value is -2.69. The Morgan fingerprint density at radius 3 is 2.60 bits per heavy atom. The standard InChI is InChI=1S/C15H14N2O3/c1-2-16-14(18)12-6-7-13(17-9-12)10-4-3-5-11(8-10)15(19)20/h3-9H,2H2,1H3,(H,16,18)(H,19,20). The zero-order chi connectivity index (χ0) is 14.5. The molecule has 0 aliphatic carbocycles. The molecule has 0 saturated carbocycles. The van der Waals surface area contributed by atoms with Gasteiger partial charge in [-0.15, -0.1) is 0 Å². The van der Waals surface area contributed by atoms with Gasteiger partial charge in [0.25, 0.3) is 5.91 Å². The van der Waals surface area contributed by atoms with Crippen LogP contribution in [0.15, 0.2) is 42.6 Å². The van der Waals surface area contributed by atoms with E-state index in [0.29, 0.717) is 23.4 Å². The molecule has 1 aromatic heterocycles. The first kappa shape index (κ1) is 13.7. The van der Waals surface area contributed by atoms with Gasteiger partial charge in [-0.1, -0.05) is 12.1 Å². The van der Waals surface area contributed by atoms with Gasteiger partial charge in [-0.25, -0.2) is 4.79 Å². The fourth-order valence-electron chi connectivity index (χ4n) is 1.77. The normalized spacial score (nSPS) is 10.1. The maximum atomic E-state index is 11.6. The number of nitrogens with one attached hydrogen (secondary N) is 1. The number of hydrogen-bond acceptors (Lipinski definition) is 3. The van der Waals surface area contributed by atoms with Gasteiger partial charge in [0.2, 0.25) is 0 Å². The number of carbonyl (C=O) groups is 2. The number of rotatable bonds is 4. The number of carbonyl (C=O) groups excluding carboxylic acids is 1. The summed E-state index contributed by atoms with van der Waals surface area (Å²) in [5.74, 6) is -1.16. The van der Waals surface area contributed by atoms with Crippen molar-refractivity contribution < 1.29 is 14.7 Å². The van der Waals surface area contributed by atoms with Crippen molar-refractivity contribution in [2.24, 2.45) is 0 Å². The summed E-state index contributed by atoms with van der Waals surface area (Å²) >= 11 is 0. The quantitative estimate of drug-likeness (QED) is 0.892. The van der Waals surface area contributed by atoms with Gasteiger partial charge in [0.15, 0.2) is 0 Å². The Kier molecular flexibility index (Phi) is 4.10. The van der Waals surface area contributed by atoms with E-state index in [-0.39, 0.29) is 11.5 Å². The molecule has 1 aromatic carbocycles. The van der Waals surface area contributed by atoms with E-state index in [0.717, 1.165) is 0 Å². The van der Waals surface area contributed by atoms with Crippen molar-refractivity contribution in [1.29, 1.82) is 0 Å². The molecule has 0 aliphatic heterocycles. The minimum atomic E-state index is -0.981. The van der Waals surface area contributed by atoms with E-state index in [1.165, 1.54) is 12.3 Å². The third-order valence-electron chi connectivity index (χ3n) is 2.77. The lowest BCUT2D eigenvalue weighted by atomic mass is 10.1. The third-order valence-corrected chi connectivity index (χ3v) is 2.77. The number of pyridine rings is 1. The number of aromatic carboxylic acids is 1. The monoisotopic (exact) mass is 270 g/mol. The molecule has 0 atom stereocenters. The van der Waals surface area contributed by atoms with Crippen molar-refractivity contribution >= 4 is 11.9 Å². The Labute approximate surface area is 116 Å². The minimum absolute atomic E-state index is 0.175. The first-order chi connectivity index (χ1) is 9.61. The predicted molar refractivity (Wildman–Crippen MR) is 74.6 cm³/mol. The lowest BCUT2D eigenvalue weighted by Crippen LogP contribution is -2.22. The summed E-state index contributed by atoms with van der Waals surface area (Å²) in [7, 11) is 0. The van der Waals surface area contributed by atoms with Crippen molar-refractivity contribution in [3.63, 3.8) is 0 Å². The molecule has 0 spiro atoms. The average Bonchev–Trinajstić information content (AvgIpc) is 2.48. The number of amides is 1. The molecule has 1 heterocycles. The van der Waals surface area contributed by atoms with Crippen LogP contribution in [0.4, 0.5) is 0 Å². The van der Waals surface area contributed by atoms with Crippen LogP contribution in [0.25, 0.3) is 11.3 Å². The molecule has 2 rings (SSSR count). The van der Waals surface area contributed by atoms with Gasteiger partial charge < -0.3 is 10.4 Å². The van der Waals surface area contributed by atoms with Crippen molar-refractivity contribution in [1.82, 2.24) is 10.3 Å². The second kappa shape index (κ2) is 5.97. The van der Waals surface area contributed by atoms with Crippen LogP contribution in [0.2, 0.25) is 0 Å². The van der Waals surface area contributed by atoms with Crippen LogP contribution in [0.1, 0.15) is 27.6 Å². The highest BCUT2D eigenvalue weighted by Gasteiger charge is 2.08. The number of aromatic nitrogens is 1. The molecular formula is C15H14N2O3. The third kappa shape index (κ3) is 3.00. The molecule has 0 bridgehead atoms. The Morgan fingerprint density at radius 1 is 1.20 bits per heavy atom. The van der Waals surface area contributed by atoms with Crippen molar-refractivity contribution in [2.45, 2.75) is 6.92 Å². The zero-order valence-corrected chi connectivity index (χ0v) is 11.0. The van der Waals surface area contributed by atoms with Crippen LogP contribution >= 0.6 is 0 Å². The topological polar surface area (TPSA) is 79.3 Å². The molecule has 1 amide bonds. The molecular weight excluding hydrogens is 256 g/mol. The van der Waals surface area contributed by atoms with Gasteiger partial charge >= 0.3 is 5.97 Å². The van der Waals surface area contributed by atoms with Crippen molar-refractivity contribution in [3.8, 4) is 11.3 Å². The second-order valence-corrected chi connectivity index (χ2v) is 4.18. The number of benzene rings is 1. The number of carboxylic acid groups (broad SMARTS) is 1. The fraction of sp³-hybridized carbons (Fsp3) is 0.133. The molecule has 102 valence electrons. The first-order valence-corrected chi connectivity index (χ1v) is 6.20. The van der Waals surface area contributed by atoms with E-state index in [9.17, 15) is 9.59 Å². The smallest absolute Gasteiger partial charge is 0.335 e. The van der Waals surface area contributed by atoms with Crippen molar-refractivity contribution in [2.75, 3.05) is 6.54 Å². The van der Waals surface area contributed by atoms with Gasteiger partial charge in [-0.2, -0.15) is 0 Å². The summed E-state index contributed by atoms with van der Waals surface area (Å²) in [6, 6.07) is 9.89. The SMILES string of the molecule is CCNC(=O)c1ccc(-c2cccc(C(=O)O)c2)nc1. The second-order valence-electron chi connectivity index (χ2n) is 4.18. The van der Waals surface area contributed by atoms with E-state index in [4.69, 9.17) is 5.11 Å². The van der Waals surface area contributed by atoms with Crippen LogP contribution in [-0.2, 0) is 0 Å². The Balaban J connectivity index is 2.28. The van der Waals surface area contributed by atoms with Gasteiger partial charge in [-0.3, -0.25) is 9.78 Å². The van der Waals surface area contributed by atoms with Gasteiger partial charge in [-0.05, 0) is 31.2 Å². The number of carboxylic acids is 1. The summed E-state index contributed by atoms with van der Waals surface area (Å²) in [6.07, 6.45) is 1.48. The maximum Gasteiger partial charge on any atom is 0.335 e. The molecule has 0 saturated heterocycles. The molecule has 0 radical (unpaired) electrons. The lowest BCUT2D eigenvalue weighted by molar-refractivity contribution is 0.0696. The predicted octanol–water partition coefficient (Wildman–Crippen LogP) is 2.20. The first-order valence-electron chi connectivity index (χ1n) is 6.20. The average molecular weight is 270 g/mol. The Bertz CT molecular complexity index is 636. The fourth-order valence-corrected chi connectivity index (χ4v) is 1.77. The summed E-state index contributed by atoms with van der Waals surface area (Å²) < 4.78 is 0. The molecule has 5 nitrogen and oxygen atoms in total. The molecule has 5 heteroatoms. The van der Waals surface area contributed by atoms with Crippen LogP contribution in [0.3, 0.4) is 0 Å². The largest absolute Gasteiger partial charge is 0.478 e. The molecule has 20 heavy (non-hydrogen) atoms. The number of hydrogen-bond donors (Lipinski definition) is 2. The van der Waals surface area contributed by atoms with E-state index >= 15 is 0 Å². The van der Waals surface area contributed by atoms with Crippen molar-refractivity contribution in [3.05, 3.63) is 53.7 Å². The molecule has 0 aliphatic rings. The Morgan fingerprint density at radius 2 is 2.00 bits per heavy atom. The molecule has 2 N–H and O–H groups in total. The summed E-state index contributed by atoms with van der Waals surface area (Å²) in [4.78, 5) is 26.7. The van der Waals surface area contributed by atoms with E-state index in [1.54, 1.807) is 30.3 Å². The number of nitrogens with zero attached hydrogens (tertiary/aromatic N) is 1. The van der Waals surface area contributed by atoms with Crippen LogP contribution in [-0.4, -0.2) is 28.5 Å². The summed E-state index contributed by atoms with van der Waals surface area (Å²) in [5, 5.41) is 11.6. The van der Waals surface area contributed by atoms with Crippen LogP contribution in [0, 0.1) is 0 Å². The highest BCUT2D eigenvalue weighted by Crippen LogP contribution is 2.18. The van der Waals surface area contributed by atoms with E-state index < -0.39 is 5.97 Å².